The molecule has 1 fully saturated rings. The highest BCUT2D eigenvalue weighted by atomic mass is 79.9. The summed E-state index contributed by atoms with van der Waals surface area (Å²) < 4.78 is 30.4. The minimum Gasteiger partial charge on any atom is -0.493 e. The molecule has 164 valence electrons. The first kappa shape index (κ1) is 23.1. The molecule has 0 aromatic heterocycles. The van der Waals surface area contributed by atoms with Gasteiger partial charge in [-0.2, -0.15) is 0 Å². The lowest BCUT2D eigenvalue weighted by atomic mass is 10.1. The van der Waals surface area contributed by atoms with Crippen LogP contribution in [0.25, 0.3) is 6.08 Å². The number of halogens is 2. The number of hydrogen-bond donors (Lipinski definition) is 0. The zero-order valence-corrected chi connectivity index (χ0v) is 19.4. The minimum absolute atomic E-state index is 0.0880. The van der Waals surface area contributed by atoms with E-state index in [2.05, 4.69) is 15.9 Å². The normalized spacial score (nSPS) is 15.0. The Bertz CT molecular complexity index is 996. The molecule has 31 heavy (non-hydrogen) atoms. The van der Waals surface area contributed by atoms with E-state index in [1.165, 1.54) is 24.3 Å². The van der Waals surface area contributed by atoms with Gasteiger partial charge in [-0.25, -0.2) is 4.39 Å². The Morgan fingerprint density at radius 3 is 2.39 bits per heavy atom. The fourth-order valence-corrected chi connectivity index (χ4v) is 4.16. The molecule has 0 radical (unpaired) electrons. The molecule has 0 aliphatic carbocycles. The monoisotopic (exact) mass is 509 g/mol. The van der Waals surface area contributed by atoms with Gasteiger partial charge in [-0.15, -0.1) is 0 Å². The number of nitrogens with zero attached hydrogens (tertiary/aromatic N) is 1. The summed E-state index contributed by atoms with van der Waals surface area (Å²) in [4.78, 5) is 26.5. The van der Waals surface area contributed by atoms with E-state index >= 15 is 0 Å². The lowest BCUT2D eigenvalue weighted by Gasteiger charge is -2.14. The summed E-state index contributed by atoms with van der Waals surface area (Å²) in [5.74, 6) is 0.889. The molecule has 0 bridgehead atoms. The lowest BCUT2D eigenvalue weighted by Crippen LogP contribution is -2.32. The zero-order valence-electron chi connectivity index (χ0n) is 17.0. The van der Waals surface area contributed by atoms with Crippen molar-refractivity contribution < 1.29 is 28.2 Å². The summed E-state index contributed by atoms with van der Waals surface area (Å²) in [6, 6.07) is 9.08. The van der Waals surface area contributed by atoms with Crippen LogP contribution in [-0.4, -0.2) is 42.4 Å². The van der Waals surface area contributed by atoms with Gasteiger partial charge in [0.2, 0.25) is 0 Å². The van der Waals surface area contributed by atoms with Crippen molar-refractivity contribution in [1.82, 2.24) is 4.90 Å². The highest BCUT2D eigenvalue weighted by Crippen LogP contribution is 2.38. The van der Waals surface area contributed by atoms with E-state index in [4.69, 9.17) is 14.2 Å². The van der Waals surface area contributed by atoms with Crippen LogP contribution < -0.4 is 14.2 Å². The summed E-state index contributed by atoms with van der Waals surface area (Å²) in [5, 5.41) is -0.373. The SMILES string of the molecule is CCOc1cc(OCC)c(/C=C2\SC(=O)N(CCOc3ccc(F)cc3)C2=O)cc1Br. The molecule has 0 spiro atoms. The molecule has 1 saturated heterocycles. The summed E-state index contributed by atoms with van der Waals surface area (Å²) in [5.41, 5.74) is 0.658. The van der Waals surface area contributed by atoms with Crippen LogP contribution in [-0.2, 0) is 4.79 Å². The van der Waals surface area contributed by atoms with E-state index < -0.39 is 5.91 Å². The van der Waals surface area contributed by atoms with E-state index in [-0.39, 0.29) is 24.2 Å². The molecule has 6 nitrogen and oxygen atoms in total. The first-order chi connectivity index (χ1) is 14.9. The second kappa shape index (κ2) is 10.7. The Kier molecular flexibility index (Phi) is 7.97. The van der Waals surface area contributed by atoms with Crippen molar-refractivity contribution >= 4 is 44.9 Å². The molecule has 1 aliphatic rings. The van der Waals surface area contributed by atoms with Crippen LogP contribution >= 0.6 is 27.7 Å². The van der Waals surface area contributed by atoms with Gasteiger partial charge in [-0.05, 0) is 77.9 Å². The number of rotatable bonds is 9. The number of carbonyl (C=O) groups is 2. The van der Waals surface area contributed by atoms with Crippen molar-refractivity contribution in [3.8, 4) is 17.2 Å². The van der Waals surface area contributed by atoms with Crippen molar-refractivity contribution in [2.24, 2.45) is 0 Å². The summed E-state index contributed by atoms with van der Waals surface area (Å²) >= 11 is 4.33. The van der Waals surface area contributed by atoms with Gasteiger partial charge in [0.05, 0.1) is 29.1 Å². The maximum absolute atomic E-state index is 13.0. The van der Waals surface area contributed by atoms with Crippen LogP contribution in [0.15, 0.2) is 45.8 Å². The van der Waals surface area contributed by atoms with Crippen molar-refractivity contribution in [2.45, 2.75) is 13.8 Å². The fourth-order valence-electron chi connectivity index (χ4n) is 2.83. The van der Waals surface area contributed by atoms with E-state index in [9.17, 15) is 14.0 Å². The Balaban J connectivity index is 1.73. The minimum atomic E-state index is -0.398. The van der Waals surface area contributed by atoms with Crippen molar-refractivity contribution in [2.75, 3.05) is 26.4 Å². The molecular weight excluding hydrogens is 489 g/mol. The highest BCUT2D eigenvalue weighted by Gasteiger charge is 2.35. The van der Waals surface area contributed by atoms with Crippen LogP contribution in [0.4, 0.5) is 9.18 Å². The van der Waals surface area contributed by atoms with Gasteiger partial charge in [-0.3, -0.25) is 14.5 Å². The topological polar surface area (TPSA) is 65.1 Å². The molecule has 2 amide bonds. The fraction of sp³-hybridized carbons (Fsp3) is 0.273. The number of benzene rings is 2. The van der Waals surface area contributed by atoms with Gasteiger partial charge in [0, 0.05) is 11.6 Å². The summed E-state index contributed by atoms with van der Waals surface area (Å²) in [7, 11) is 0. The molecule has 1 heterocycles. The van der Waals surface area contributed by atoms with Crippen LogP contribution in [0.1, 0.15) is 19.4 Å². The van der Waals surface area contributed by atoms with E-state index in [1.807, 2.05) is 13.8 Å². The molecule has 0 N–H and O–H groups in total. The third-order valence-corrected chi connectivity index (χ3v) is 5.75. The molecule has 2 aromatic carbocycles. The van der Waals surface area contributed by atoms with Crippen molar-refractivity contribution in [3.05, 3.63) is 57.2 Å². The molecular formula is C22H21BrFNO5S. The van der Waals surface area contributed by atoms with Gasteiger partial charge in [-0.1, -0.05) is 0 Å². The molecule has 1 aliphatic heterocycles. The van der Waals surface area contributed by atoms with Crippen molar-refractivity contribution in [1.29, 1.82) is 0 Å². The van der Waals surface area contributed by atoms with E-state index in [0.717, 1.165) is 21.1 Å². The van der Waals surface area contributed by atoms with Crippen molar-refractivity contribution in [3.63, 3.8) is 0 Å². The highest BCUT2D eigenvalue weighted by molar-refractivity contribution is 9.10. The maximum Gasteiger partial charge on any atom is 0.293 e. The number of thioether (sulfide) groups is 1. The number of imide groups is 1. The van der Waals surface area contributed by atoms with Gasteiger partial charge in [0.15, 0.2) is 0 Å². The second-order valence-corrected chi connectivity index (χ2v) is 8.17. The average Bonchev–Trinajstić information content (AvgIpc) is 3.00. The molecule has 0 atom stereocenters. The molecule has 3 rings (SSSR count). The summed E-state index contributed by atoms with van der Waals surface area (Å²) in [6.07, 6.45) is 1.64. The first-order valence-electron chi connectivity index (χ1n) is 9.65. The average molecular weight is 510 g/mol. The first-order valence-corrected chi connectivity index (χ1v) is 11.3. The Labute approximate surface area is 192 Å². The number of carbonyl (C=O) groups excluding carboxylic acids is 2. The number of amides is 2. The smallest absolute Gasteiger partial charge is 0.293 e. The lowest BCUT2D eigenvalue weighted by molar-refractivity contribution is -0.123. The number of hydrogen-bond acceptors (Lipinski definition) is 6. The number of ether oxygens (including phenoxy) is 3. The van der Waals surface area contributed by atoms with Crippen LogP contribution in [0.3, 0.4) is 0 Å². The molecule has 9 heteroatoms. The van der Waals surface area contributed by atoms with Gasteiger partial charge < -0.3 is 14.2 Å². The third-order valence-electron chi connectivity index (χ3n) is 4.22. The standard InChI is InChI=1S/C22H21BrFNO5S/c1-3-28-18-13-19(29-4-2)17(23)11-14(18)12-20-21(26)25(22(27)31-20)9-10-30-16-7-5-15(24)6-8-16/h5-8,11-13H,3-4,9-10H2,1-2H3/b20-12-. The predicted molar refractivity (Wildman–Crippen MR) is 121 cm³/mol. The molecule has 0 saturated carbocycles. The molecule has 2 aromatic rings. The predicted octanol–water partition coefficient (Wildman–Crippen LogP) is 5.50. The van der Waals surface area contributed by atoms with Crippen LogP contribution in [0, 0.1) is 5.82 Å². The van der Waals surface area contributed by atoms with Crippen LogP contribution in [0.5, 0.6) is 17.2 Å². The second-order valence-electron chi connectivity index (χ2n) is 6.32. The summed E-state index contributed by atoms with van der Waals surface area (Å²) in [6.45, 7) is 4.89. The van der Waals surface area contributed by atoms with Gasteiger partial charge in [0.25, 0.3) is 11.1 Å². The largest absolute Gasteiger partial charge is 0.493 e. The quantitative estimate of drug-likeness (QED) is 0.415. The van der Waals surface area contributed by atoms with E-state index in [1.54, 1.807) is 18.2 Å². The third kappa shape index (κ3) is 5.80. The molecule has 0 unspecified atom stereocenters. The van der Waals surface area contributed by atoms with Gasteiger partial charge >= 0.3 is 0 Å². The van der Waals surface area contributed by atoms with Gasteiger partial charge in [0.1, 0.15) is 29.7 Å². The Hall–Kier alpha value is -2.52. The Morgan fingerprint density at radius 1 is 1.03 bits per heavy atom. The van der Waals surface area contributed by atoms with Crippen LogP contribution in [0.2, 0.25) is 0 Å². The Morgan fingerprint density at radius 2 is 1.71 bits per heavy atom. The maximum atomic E-state index is 13.0. The zero-order chi connectivity index (χ0) is 22.4. The van der Waals surface area contributed by atoms with E-state index in [0.29, 0.717) is 40.9 Å².